The fourth-order valence-electron chi connectivity index (χ4n) is 4.32. The average Bonchev–Trinajstić information content (AvgIpc) is 3.36. The topological polar surface area (TPSA) is 72.6 Å². The van der Waals surface area contributed by atoms with Crippen LogP contribution in [0.25, 0.3) is 0 Å². The van der Waals surface area contributed by atoms with E-state index in [1.54, 1.807) is 11.8 Å². The first-order valence-electron chi connectivity index (χ1n) is 10.3. The number of aliphatic imine (C=N–C) groups is 3. The molecule has 5 rings (SSSR count). The van der Waals surface area contributed by atoms with Crippen molar-refractivity contribution < 1.29 is 5.11 Å². The number of nitrogens with zero attached hydrogens (tertiary/aromatic N) is 4. The van der Waals surface area contributed by atoms with Crippen molar-refractivity contribution in [3.05, 3.63) is 47.3 Å². The van der Waals surface area contributed by atoms with E-state index >= 15 is 0 Å². The highest BCUT2D eigenvalue weighted by Crippen LogP contribution is 2.35. The quantitative estimate of drug-likeness (QED) is 0.752. The summed E-state index contributed by atoms with van der Waals surface area (Å²) in [6.45, 7) is 6.36. The molecule has 0 amide bonds. The molecule has 3 atom stereocenters. The maximum Gasteiger partial charge on any atom is 0.169 e. The van der Waals surface area contributed by atoms with E-state index in [2.05, 4.69) is 50.6 Å². The zero-order chi connectivity index (χ0) is 20.0. The van der Waals surface area contributed by atoms with Gasteiger partial charge in [-0.3, -0.25) is 15.0 Å². The average molecular weight is 410 g/mol. The molecule has 5 aliphatic rings. The molecule has 0 saturated heterocycles. The molecule has 0 fully saturated rings. The molecule has 0 spiro atoms. The minimum Gasteiger partial charge on any atom is -0.390 e. The number of hydrogen-bond donors (Lipinski definition) is 2. The Kier molecular flexibility index (Phi) is 4.75. The van der Waals surface area contributed by atoms with Crippen LogP contribution in [-0.4, -0.2) is 63.8 Å². The molecule has 7 heteroatoms. The number of aliphatic hydroxyl groups is 1. The van der Waals surface area contributed by atoms with Gasteiger partial charge in [0.25, 0.3) is 0 Å². The lowest BCUT2D eigenvalue weighted by Gasteiger charge is -2.33. The third kappa shape index (κ3) is 3.73. The van der Waals surface area contributed by atoms with E-state index in [9.17, 15) is 5.11 Å². The Bertz CT molecular complexity index is 918. The SMILES string of the molecule is CC(C)(O)C1C=CC(NC2=NC(C3=CCC4SC=NC4=C3)CN3CCN=C23)=CC1. The van der Waals surface area contributed by atoms with Crippen LogP contribution in [0.5, 0.6) is 0 Å². The largest absolute Gasteiger partial charge is 0.390 e. The zero-order valence-electron chi connectivity index (χ0n) is 16.9. The van der Waals surface area contributed by atoms with Gasteiger partial charge in [-0.25, -0.2) is 0 Å². The predicted octanol–water partition coefficient (Wildman–Crippen LogP) is 2.66. The Balaban J connectivity index is 1.37. The van der Waals surface area contributed by atoms with Gasteiger partial charge in [0.15, 0.2) is 11.7 Å². The minimum absolute atomic E-state index is 0.0982. The van der Waals surface area contributed by atoms with Gasteiger partial charge in [0.2, 0.25) is 0 Å². The minimum atomic E-state index is -0.710. The molecule has 29 heavy (non-hydrogen) atoms. The molecule has 2 N–H and O–H groups in total. The molecule has 2 aliphatic carbocycles. The number of nitrogens with one attached hydrogen (secondary N) is 1. The van der Waals surface area contributed by atoms with E-state index in [1.807, 2.05) is 19.4 Å². The lowest BCUT2D eigenvalue weighted by molar-refractivity contribution is 0.0375. The summed E-state index contributed by atoms with van der Waals surface area (Å²) < 4.78 is 0. The smallest absolute Gasteiger partial charge is 0.169 e. The van der Waals surface area contributed by atoms with Crippen molar-refractivity contribution in [2.75, 3.05) is 19.6 Å². The van der Waals surface area contributed by atoms with Crippen molar-refractivity contribution in [3.63, 3.8) is 0 Å². The molecule has 3 aliphatic heterocycles. The van der Waals surface area contributed by atoms with Crippen molar-refractivity contribution in [2.45, 2.75) is 43.6 Å². The highest BCUT2D eigenvalue weighted by Gasteiger charge is 2.33. The molecule has 3 unspecified atom stereocenters. The lowest BCUT2D eigenvalue weighted by atomic mass is 9.85. The van der Waals surface area contributed by atoms with E-state index in [0.29, 0.717) is 5.25 Å². The Morgan fingerprint density at radius 2 is 2.17 bits per heavy atom. The van der Waals surface area contributed by atoms with Gasteiger partial charge >= 0.3 is 0 Å². The van der Waals surface area contributed by atoms with Gasteiger partial charge in [-0.2, -0.15) is 0 Å². The molecular formula is C22H27N5OS. The molecule has 0 saturated carbocycles. The first kappa shape index (κ1) is 18.9. The number of hydrogen-bond acceptors (Lipinski definition) is 7. The standard InChI is InChI=1S/C22H27N5OS/c1-22(2,28)15-4-6-16(7-5-15)25-20-21-23-9-10-27(21)12-18(26-20)14-3-8-19-17(11-14)24-13-29-19/h3-4,6-7,11,13,15,18-19,28H,5,8-10,12H2,1-2H3,(H,25,26). The van der Waals surface area contributed by atoms with Crippen LogP contribution in [0.15, 0.2) is 62.3 Å². The first-order chi connectivity index (χ1) is 14.0. The van der Waals surface area contributed by atoms with Gasteiger partial charge in [0.1, 0.15) is 0 Å². The summed E-state index contributed by atoms with van der Waals surface area (Å²) in [6, 6.07) is 0.0982. The lowest BCUT2D eigenvalue weighted by Crippen LogP contribution is -2.49. The maximum atomic E-state index is 10.2. The number of allylic oxidation sites excluding steroid dienone is 3. The van der Waals surface area contributed by atoms with Gasteiger partial charge < -0.3 is 15.3 Å². The summed E-state index contributed by atoms with van der Waals surface area (Å²) >= 11 is 1.80. The Morgan fingerprint density at radius 1 is 1.28 bits per heavy atom. The third-order valence-electron chi connectivity index (χ3n) is 6.11. The van der Waals surface area contributed by atoms with Crippen molar-refractivity contribution >= 4 is 29.0 Å². The number of fused-ring (bicyclic) bond motifs is 2. The van der Waals surface area contributed by atoms with E-state index < -0.39 is 5.60 Å². The van der Waals surface area contributed by atoms with E-state index in [0.717, 1.165) is 49.8 Å². The molecule has 152 valence electrons. The number of thioether (sulfide) groups is 1. The van der Waals surface area contributed by atoms with Crippen LogP contribution in [0.4, 0.5) is 0 Å². The van der Waals surface area contributed by atoms with Crippen LogP contribution in [0.3, 0.4) is 0 Å². The second-order valence-corrected chi connectivity index (χ2v) is 9.70. The molecular weight excluding hydrogens is 382 g/mol. The summed E-state index contributed by atoms with van der Waals surface area (Å²) in [5.41, 5.74) is 4.70. The van der Waals surface area contributed by atoms with Crippen LogP contribution in [0.1, 0.15) is 26.7 Å². The monoisotopic (exact) mass is 409 g/mol. The van der Waals surface area contributed by atoms with E-state index in [1.165, 1.54) is 11.3 Å². The van der Waals surface area contributed by atoms with Crippen molar-refractivity contribution in [2.24, 2.45) is 20.9 Å². The summed E-state index contributed by atoms with van der Waals surface area (Å²) in [7, 11) is 0. The maximum absolute atomic E-state index is 10.2. The number of rotatable bonds is 3. The highest BCUT2D eigenvalue weighted by molar-refractivity contribution is 8.13. The Morgan fingerprint density at radius 3 is 2.97 bits per heavy atom. The molecule has 0 bridgehead atoms. The van der Waals surface area contributed by atoms with Crippen LogP contribution in [-0.2, 0) is 0 Å². The van der Waals surface area contributed by atoms with Crippen molar-refractivity contribution in [1.29, 1.82) is 0 Å². The fourth-order valence-corrected chi connectivity index (χ4v) is 5.12. The van der Waals surface area contributed by atoms with E-state index in [4.69, 9.17) is 4.99 Å². The van der Waals surface area contributed by atoms with Gasteiger partial charge in [0.05, 0.1) is 34.7 Å². The molecule has 3 heterocycles. The van der Waals surface area contributed by atoms with Gasteiger partial charge in [-0.05, 0) is 44.4 Å². The second-order valence-electron chi connectivity index (χ2n) is 8.65. The number of amidine groups is 2. The first-order valence-corrected chi connectivity index (χ1v) is 11.3. The van der Waals surface area contributed by atoms with Crippen LogP contribution in [0, 0.1) is 5.92 Å². The molecule has 0 aromatic rings. The van der Waals surface area contributed by atoms with Crippen LogP contribution >= 0.6 is 11.8 Å². The summed E-state index contributed by atoms with van der Waals surface area (Å²) in [5, 5.41) is 14.2. The summed E-state index contributed by atoms with van der Waals surface area (Å²) in [5.74, 6) is 1.95. The van der Waals surface area contributed by atoms with Crippen LogP contribution < -0.4 is 5.32 Å². The summed E-state index contributed by atoms with van der Waals surface area (Å²) in [6.07, 6.45) is 12.7. The van der Waals surface area contributed by atoms with Gasteiger partial charge in [-0.15, -0.1) is 11.8 Å². The highest BCUT2D eigenvalue weighted by atomic mass is 32.2. The molecule has 6 nitrogen and oxygen atoms in total. The Hall–Kier alpha value is -2.12. The van der Waals surface area contributed by atoms with E-state index in [-0.39, 0.29) is 12.0 Å². The van der Waals surface area contributed by atoms with Crippen molar-refractivity contribution in [3.8, 4) is 0 Å². The Labute approximate surface area is 176 Å². The molecule has 0 radical (unpaired) electrons. The van der Waals surface area contributed by atoms with Gasteiger partial charge in [0, 0.05) is 24.7 Å². The third-order valence-corrected chi connectivity index (χ3v) is 7.10. The van der Waals surface area contributed by atoms with Gasteiger partial charge in [-0.1, -0.05) is 18.2 Å². The molecule has 0 aromatic heterocycles. The zero-order valence-corrected chi connectivity index (χ0v) is 17.7. The molecule has 0 aromatic carbocycles. The van der Waals surface area contributed by atoms with Crippen LogP contribution in [0.2, 0.25) is 0 Å². The fraction of sp³-hybridized carbons (Fsp3) is 0.500. The normalized spacial score (nSPS) is 30.8. The predicted molar refractivity (Wildman–Crippen MR) is 121 cm³/mol. The summed E-state index contributed by atoms with van der Waals surface area (Å²) in [4.78, 5) is 16.6. The second kappa shape index (κ2) is 7.29. The van der Waals surface area contributed by atoms with Crippen molar-refractivity contribution in [1.82, 2.24) is 10.2 Å².